The highest BCUT2D eigenvalue weighted by molar-refractivity contribution is 8.26. The molecule has 1 fully saturated rings. The van der Waals surface area contributed by atoms with Crippen LogP contribution < -0.4 is 4.74 Å². The number of thioether (sulfide) groups is 1. The molecule has 24 heavy (non-hydrogen) atoms. The van der Waals surface area contributed by atoms with Gasteiger partial charge in [0.1, 0.15) is 16.2 Å². The fourth-order valence-corrected chi connectivity index (χ4v) is 4.07. The Morgan fingerprint density at radius 3 is 3.08 bits per heavy atom. The van der Waals surface area contributed by atoms with Gasteiger partial charge < -0.3 is 9.84 Å². The van der Waals surface area contributed by atoms with E-state index in [-0.39, 0.29) is 18.4 Å². The lowest BCUT2D eigenvalue weighted by molar-refractivity contribution is -0.137. The van der Waals surface area contributed by atoms with Crippen LogP contribution in [0.1, 0.15) is 30.9 Å². The van der Waals surface area contributed by atoms with Crippen molar-refractivity contribution in [1.29, 1.82) is 0 Å². The van der Waals surface area contributed by atoms with Gasteiger partial charge in [-0.25, -0.2) is 0 Å². The Morgan fingerprint density at radius 2 is 2.33 bits per heavy atom. The fraction of sp³-hybridized carbons (Fsp3) is 0.353. The van der Waals surface area contributed by atoms with Gasteiger partial charge in [-0.15, -0.1) is 0 Å². The maximum absolute atomic E-state index is 12.5. The molecular weight excluding hydrogens is 346 g/mol. The zero-order chi connectivity index (χ0) is 17.3. The van der Waals surface area contributed by atoms with Gasteiger partial charge in [0.25, 0.3) is 5.91 Å². The van der Waals surface area contributed by atoms with Crippen molar-refractivity contribution in [2.45, 2.75) is 32.3 Å². The molecule has 0 saturated carbocycles. The third-order valence-corrected chi connectivity index (χ3v) is 5.24. The second kappa shape index (κ2) is 6.94. The summed E-state index contributed by atoms with van der Waals surface area (Å²) in [7, 11) is 0. The Hall–Kier alpha value is -1.86. The van der Waals surface area contributed by atoms with Gasteiger partial charge in [0, 0.05) is 19.4 Å². The van der Waals surface area contributed by atoms with Crippen molar-refractivity contribution in [2.24, 2.45) is 0 Å². The van der Waals surface area contributed by atoms with Gasteiger partial charge in [0.05, 0.1) is 4.91 Å². The van der Waals surface area contributed by atoms with Gasteiger partial charge in [0.2, 0.25) is 0 Å². The molecule has 1 aromatic carbocycles. The van der Waals surface area contributed by atoms with Crippen molar-refractivity contribution in [3.8, 4) is 5.75 Å². The molecule has 7 heteroatoms. The summed E-state index contributed by atoms with van der Waals surface area (Å²) in [6, 6.07) is 5.89. The quantitative estimate of drug-likeness (QED) is 0.641. The molecule has 2 heterocycles. The number of ether oxygens (including phenoxy) is 1. The van der Waals surface area contributed by atoms with E-state index in [0.717, 1.165) is 23.3 Å². The molecule has 1 amide bonds. The predicted molar refractivity (Wildman–Crippen MR) is 97.0 cm³/mol. The number of aliphatic carboxylic acids is 1. The lowest BCUT2D eigenvalue weighted by atomic mass is 10.1. The summed E-state index contributed by atoms with van der Waals surface area (Å²) in [6.45, 7) is 2.37. The number of carbonyl (C=O) groups is 2. The average Bonchev–Trinajstić information content (AvgIpc) is 3.00. The minimum atomic E-state index is -0.870. The molecule has 1 N–H and O–H groups in total. The average molecular weight is 363 g/mol. The zero-order valence-electron chi connectivity index (χ0n) is 13.2. The van der Waals surface area contributed by atoms with Crippen LogP contribution >= 0.6 is 24.0 Å². The van der Waals surface area contributed by atoms with Crippen molar-refractivity contribution < 1.29 is 19.4 Å². The molecule has 0 bridgehead atoms. The minimum absolute atomic E-state index is 0.0269. The molecule has 1 aromatic rings. The lowest BCUT2D eigenvalue weighted by Crippen LogP contribution is -2.29. The van der Waals surface area contributed by atoms with Crippen LogP contribution in [0, 0.1) is 0 Å². The van der Waals surface area contributed by atoms with Gasteiger partial charge in [-0.3, -0.25) is 14.5 Å². The van der Waals surface area contributed by atoms with Gasteiger partial charge in [-0.05, 0) is 42.7 Å². The second-order valence-electron chi connectivity index (χ2n) is 5.83. The van der Waals surface area contributed by atoms with Crippen LogP contribution in [-0.2, 0) is 16.0 Å². The molecule has 3 rings (SSSR count). The molecule has 0 unspecified atom stereocenters. The van der Waals surface area contributed by atoms with Crippen molar-refractivity contribution >= 4 is 46.3 Å². The maximum Gasteiger partial charge on any atom is 0.303 e. The first kappa shape index (κ1) is 17.0. The van der Waals surface area contributed by atoms with Gasteiger partial charge >= 0.3 is 5.97 Å². The summed E-state index contributed by atoms with van der Waals surface area (Å²) in [5.41, 5.74) is 2.09. The van der Waals surface area contributed by atoms with Gasteiger partial charge in [0.15, 0.2) is 0 Å². The molecule has 5 nitrogen and oxygen atoms in total. The lowest BCUT2D eigenvalue weighted by Gasteiger charge is -2.13. The van der Waals surface area contributed by atoms with E-state index in [1.54, 1.807) is 0 Å². The number of nitrogens with zero attached hydrogens (tertiary/aromatic N) is 1. The molecular formula is C17H17NO4S2. The summed E-state index contributed by atoms with van der Waals surface area (Å²) in [5.74, 6) is -0.119. The Labute approximate surface area is 149 Å². The number of hydrogen-bond donors (Lipinski definition) is 1. The van der Waals surface area contributed by atoms with Crippen molar-refractivity contribution in [3.05, 3.63) is 34.2 Å². The smallest absolute Gasteiger partial charge is 0.303 e. The molecule has 1 atom stereocenters. The first-order chi connectivity index (χ1) is 11.4. The van der Waals surface area contributed by atoms with Crippen molar-refractivity contribution in [3.63, 3.8) is 0 Å². The highest BCUT2D eigenvalue weighted by Gasteiger charge is 2.31. The molecule has 0 spiro atoms. The monoisotopic (exact) mass is 363 g/mol. The van der Waals surface area contributed by atoms with E-state index in [9.17, 15) is 9.59 Å². The number of carboxylic acid groups (broad SMARTS) is 1. The highest BCUT2D eigenvalue weighted by Crippen LogP contribution is 2.34. The summed E-state index contributed by atoms with van der Waals surface area (Å²) in [5, 5.41) is 8.70. The van der Waals surface area contributed by atoms with Gasteiger partial charge in [-0.2, -0.15) is 0 Å². The molecule has 2 aliphatic heterocycles. The third-order valence-electron chi connectivity index (χ3n) is 3.86. The topological polar surface area (TPSA) is 66.8 Å². The number of carboxylic acids is 1. The normalized spacial score (nSPS) is 21.3. The minimum Gasteiger partial charge on any atom is -0.490 e. The van der Waals surface area contributed by atoms with Crippen LogP contribution in [0.25, 0.3) is 6.08 Å². The Kier molecular flexibility index (Phi) is 4.91. The van der Waals surface area contributed by atoms with Crippen LogP contribution in [-0.4, -0.2) is 38.9 Å². The highest BCUT2D eigenvalue weighted by atomic mass is 32.2. The van der Waals surface area contributed by atoms with E-state index in [0.29, 0.717) is 22.2 Å². The van der Waals surface area contributed by atoms with Crippen LogP contribution in [0.2, 0.25) is 0 Å². The molecule has 0 aromatic heterocycles. The zero-order valence-corrected chi connectivity index (χ0v) is 14.8. The first-order valence-electron chi connectivity index (χ1n) is 7.71. The summed E-state index contributed by atoms with van der Waals surface area (Å²) >= 11 is 6.50. The van der Waals surface area contributed by atoms with Crippen molar-refractivity contribution in [2.75, 3.05) is 6.54 Å². The number of amides is 1. The largest absolute Gasteiger partial charge is 0.490 e. The Morgan fingerprint density at radius 1 is 1.54 bits per heavy atom. The van der Waals surface area contributed by atoms with Crippen LogP contribution in [0.4, 0.5) is 0 Å². The van der Waals surface area contributed by atoms with E-state index in [4.69, 9.17) is 22.1 Å². The Balaban J connectivity index is 1.72. The number of thiocarbonyl (C=S) groups is 1. The van der Waals surface area contributed by atoms with E-state index in [1.807, 2.05) is 31.2 Å². The molecule has 0 radical (unpaired) electrons. The van der Waals surface area contributed by atoms with Crippen LogP contribution in [0.3, 0.4) is 0 Å². The van der Waals surface area contributed by atoms with E-state index in [1.165, 1.54) is 16.7 Å². The molecule has 126 valence electrons. The Bertz CT molecular complexity index is 744. The second-order valence-corrected chi connectivity index (χ2v) is 7.51. The first-order valence-corrected chi connectivity index (χ1v) is 8.93. The standard InChI is InChI=1S/C17H17NO4S2/c1-10-7-12-8-11(4-5-13(12)22-10)9-14-16(21)18(17(23)24-14)6-2-3-15(19)20/h4-5,8-10H,2-3,6-7H2,1H3,(H,19,20)/b14-9+/t10-/m1/s1. The fourth-order valence-electron chi connectivity index (χ4n) is 2.76. The molecule has 1 saturated heterocycles. The van der Waals surface area contributed by atoms with E-state index < -0.39 is 5.97 Å². The van der Waals surface area contributed by atoms with Crippen molar-refractivity contribution in [1.82, 2.24) is 4.90 Å². The summed E-state index contributed by atoms with van der Waals surface area (Å²) < 4.78 is 6.16. The number of rotatable bonds is 5. The number of fused-ring (bicyclic) bond motifs is 1. The van der Waals surface area contributed by atoms with Crippen LogP contribution in [0.15, 0.2) is 23.1 Å². The number of hydrogen-bond acceptors (Lipinski definition) is 5. The summed E-state index contributed by atoms with van der Waals surface area (Å²) in [4.78, 5) is 25.1. The maximum atomic E-state index is 12.5. The van der Waals surface area contributed by atoms with E-state index >= 15 is 0 Å². The number of benzene rings is 1. The SMILES string of the molecule is C[C@@H]1Cc2cc(/C=C3/SC(=S)N(CCCC(=O)O)C3=O)ccc2O1. The van der Waals surface area contributed by atoms with E-state index in [2.05, 4.69) is 0 Å². The predicted octanol–water partition coefficient (Wildman–Crippen LogP) is 3.08. The van der Waals surface area contributed by atoms with Gasteiger partial charge in [-0.1, -0.05) is 30.0 Å². The van der Waals surface area contributed by atoms with Crippen LogP contribution in [0.5, 0.6) is 5.75 Å². The number of carbonyl (C=O) groups excluding carboxylic acids is 1. The molecule has 2 aliphatic rings. The third kappa shape index (κ3) is 3.62. The molecule has 0 aliphatic carbocycles. The summed E-state index contributed by atoms with van der Waals surface area (Å²) in [6.07, 6.45) is 3.30.